The maximum absolute atomic E-state index is 12.2. The van der Waals surface area contributed by atoms with Crippen molar-refractivity contribution in [2.45, 2.75) is 0 Å². The van der Waals surface area contributed by atoms with Crippen LogP contribution in [0.1, 0.15) is 10.4 Å². The molecule has 1 amide bonds. The molecule has 2 aromatic rings. The molecule has 0 bridgehead atoms. The van der Waals surface area contributed by atoms with Crippen molar-refractivity contribution in [3.8, 4) is 0 Å². The van der Waals surface area contributed by atoms with Crippen molar-refractivity contribution in [3.05, 3.63) is 61.5 Å². The van der Waals surface area contributed by atoms with Crippen LogP contribution in [0.3, 0.4) is 0 Å². The number of hydrogen-bond donors (Lipinski definition) is 2. The first kappa shape index (κ1) is 17.5. The van der Waals surface area contributed by atoms with Gasteiger partial charge in [-0.2, -0.15) is 0 Å². The average molecular weight is 439 g/mol. The van der Waals surface area contributed by atoms with Gasteiger partial charge < -0.3 is 5.32 Å². The van der Waals surface area contributed by atoms with E-state index in [4.69, 9.17) is 47.0 Å². The summed E-state index contributed by atoms with van der Waals surface area (Å²) in [5.74, 6) is -0.420. The molecule has 22 heavy (non-hydrogen) atoms. The van der Waals surface area contributed by atoms with Crippen molar-refractivity contribution < 1.29 is 4.79 Å². The predicted molar refractivity (Wildman–Crippen MR) is 99.3 cm³/mol. The Hall–Kier alpha value is -0.850. The fourth-order valence-corrected chi connectivity index (χ4v) is 2.93. The molecule has 0 aromatic heterocycles. The Morgan fingerprint density at radius 2 is 1.68 bits per heavy atom. The third-order valence-electron chi connectivity index (χ3n) is 2.52. The van der Waals surface area contributed by atoms with Crippen molar-refractivity contribution in [3.63, 3.8) is 0 Å². The molecule has 0 saturated heterocycles. The maximum Gasteiger partial charge on any atom is 0.258 e. The van der Waals surface area contributed by atoms with Gasteiger partial charge in [0.05, 0.1) is 10.6 Å². The van der Waals surface area contributed by atoms with E-state index in [1.807, 2.05) is 0 Å². The number of anilines is 1. The van der Waals surface area contributed by atoms with E-state index in [9.17, 15) is 4.79 Å². The summed E-state index contributed by atoms with van der Waals surface area (Å²) in [6.07, 6.45) is 0. The molecule has 0 aliphatic rings. The van der Waals surface area contributed by atoms with E-state index in [1.54, 1.807) is 36.4 Å². The van der Waals surface area contributed by atoms with Crippen LogP contribution in [0.5, 0.6) is 0 Å². The van der Waals surface area contributed by atoms with Gasteiger partial charge in [0.1, 0.15) is 0 Å². The van der Waals surface area contributed by atoms with Gasteiger partial charge in [0, 0.05) is 20.2 Å². The van der Waals surface area contributed by atoms with E-state index in [1.165, 1.54) is 0 Å². The topological polar surface area (TPSA) is 41.1 Å². The second kappa shape index (κ2) is 7.62. The summed E-state index contributed by atoms with van der Waals surface area (Å²) in [7, 11) is 0. The van der Waals surface area contributed by atoms with E-state index < -0.39 is 5.91 Å². The Morgan fingerprint density at radius 3 is 2.32 bits per heavy atom. The standard InChI is InChI=1S/C14H8BrCl3N2OS/c15-7-1-2-12(18)11(3-7)13(21)20-14(22)19-10-5-8(16)4-9(17)6-10/h1-6H,(H2,19,20,21,22). The van der Waals surface area contributed by atoms with E-state index >= 15 is 0 Å². The van der Waals surface area contributed by atoms with Crippen molar-refractivity contribution in [2.24, 2.45) is 0 Å². The number of nitrogens with one attached hydrogen (secondary N) is 2. The van der Waals surface area contributed by atoms with Crippen LogP contribution >= 0.6 is 63.0 Å². The first-order valence-electron chi connectivity index (χ1n) is 5.88. The predicted octanol–water partition coefficient (Wildman–Crippen LogP) is 5.54. The van der Waals surface area contributed by atoms with E-state index in [0.717, 1.165) is 4.47 Å². The second-order valence-electron chi connectivity index (χ2n) is 4.19. The molecular weight excluding hydrogens is 430 g/mol. The maximum atomic E-state index is 12.2. The molecule has 0 spiro atoms. The zero-order chi connectivity index (χ0) is 16.3. The van der Waals surface area contributed by atoms with Crippen LogP contribution in [-0.2, 0) is 0 Å². The van der Waals surface area contributed by atoms with Gasteiger partial charge in [-0.25, -0.2) is 0 Å². The molecule has 0 radical (unpaired) electrons. The number of carbonyl (C=O) groups is 1. The Labute approximate surface area is 156 Å². The van der Waals surface area contributed by atoms with E-state index in [0.29, 0.717) is 26.3 Å². The van der Waals surface area contributed by atoms with Gasteiger partial charge in [-0.3, -0.25) is 10.1 Å². The molecule has 0 atom stereocenters. The number of benzene rings is 2. The molecule has 0 heterocycles. The summed E-state index contributed by atoms with van der Waals surface area (Å²) < 4.78 is 0.738. The van der Waals surface area contributed by atoms with Crippen LogP contribution in [-0.4, -0.2) is 11.0 Å². The molecule has 0 aliphatic heterocycles. The third kappa shape index (κ3) is 4.83. The molecule has 114 valence electrons. The largest absolute Gasteiger partial charge is 0.332 e. The van der Waals surface area contributed by atoms with E-state index in [-0.39, 0.29) is 5.11 Å². The fourth-order valence-electron chi connectivity index (χ4n) is 1.63. The summed E-state index contributed by atoms with van der Waals surface area (Å²) in [5.41, 5.74) is 0.882. The Morgan fingerprint density at radius 1 is 1.05 bits per heavy atom. The number of amides is 1. The number of rotatable bonds is 2. The summed E-state index contributed by atoms with van der Waals surface area (Å²) in [5, 5.41) is 6.73. The highest BCUT2D eigenvalue weighted by Gasteiger charge is 2.12. The summed E-state index contributed by atoms with van der Waals surface area (Å²) in [6, 6.07) is 9.83. The molecular formula is C14H8BrCl3N2OS. The quantitative estimate of drug-likeness (QED) is 0.605. The molecule has 8 heteroatoms. The third-order valence-corrected chi connectivity index (χ3v) is 3.98. The van der Waals surface area contributed by atoms with Crippen molar-refractivity contribution in [1.82, 2.24) is 5.32 Å². The molecule has 0 fully saturated rings. The number of carbonyl (C=O) groups excluding carboxylic acids is 1. The van der Waals surface area contributed by atoms with Crippen molar-refractivity contribution >= 4 is 79.7 Å². The summed E-state index contributed by atoms with van der Waals surface area (Å²) in [6.45, 7) is 0. The van der Waals surface area contributed by atoms with Crippen LogP contribution in [0.4, 0.5) is 5.69 Å². The normalized spacial score (nSPS) is 10.2. The lowest BCUT2D eigenvalue weighted by molar-refractivity contribution is 0.0978. The lowest BCUT2D eigenvalue weighted by atomic mass is 10.2. The van der Waals surface area contributed by atoms with Gasteiger partial charge in [-0.15, -0.1) is 0 Å². The van der Waals surface area contributed by atoms with Gasteiger partial charge in [-0.1, -0.05) is 50.7 Å². The smallest absolute Gasteiger partial charge is 0.258 e. The van der Waals surface area contributed by atoms with Gasteiger partial charge in [0.2, 0.25) is 0 Å². The number of hydrogen-bond acceptors (Lipinski definition) is 2. The highest BCUT2D eigenvalue weighted by atomic mass is 79.9. The molecule has 3 nitrogen and oxygen atoms in total. The first-order valence-corrected chi connectivity index (χ1v) is 8.22. The fraction of sp³-hybridized carbons (Fsp3) is 0. The molecule has 2 N–H and O–H groups in total. The lowest BCUT2D eigenvalue weighted by Crippen LogP contribution is -2.34. The molecule has 0 aliphatic carbocycles. The second-order valence-corrected chi connectivity index (χ2v) is 6.79. The average Bonchev–Trinajstić information content (AvgIpc) is 2.39. The van der Waals surface area contributed by atoms with Gasteiger partial charge in [-0.05, 0) is 48.6 Å². The molecule has 2 aromatic carbocycles. The SMILES string of the molecule is O=C(NC(=S)Nc1cc(Cl)cc(Cl)c1)c1cc(Br)ccc1Cl. The lowest BCUT2D eigenvalue weighted by Gasteiger charge is -2.11. The van der Waals surface area contributed by atoms with E-state index in [2.05, 4.69) is 26.6 Å². The summed E-state index contributed by atoms with van der Waals surface area (Å²) in [4.78, 5) is 12.2. The summed E-state index contributed by atoms with van der Waals surface area (Å²) >= 11 is 26.2. The van der Waals surface area contributed by atoms with Gasteiger partial charge in [0.25, 0.3) is 5.91 Å². The van der Waals surface area contributed by atoms with Crippen LogP contribution in [0.25, 0.3) is 0 Å². The van der Waals surface area contributed by atoms with Gasteiger partial charge in [0.15, 0.2) is 5.11 Å². The monoisotopic (exact) mass is 436 g/mol. The number of halogens is 4. The van der Waals surface area contributed by atoms with Crippen LogP contribution in [0, 0.1) is 0 Å². The van der Waals surface area contributed by atoms with Crippen molar-refractivity contribution in [2.75, 3.05) is 5.32 Å². The Bertz CT molecular complexity index is 735. The van der Waals surface area contributed by atoms with Crippen molar-refractivity contribution in [1.29, 1.82) is 0 Å². The molecule has 0 unspecified atom stereocenters. The minimum Gasteiger partial charge on any atom is -0.332 e. The van der Waals surface area contributed by atoms with Crippen LogP contribution in [0.2, 0.25) is 15.1 Å². The van der Waals surface area contributed by atoms with Crippen LogP contribution < -0.4 is 10.6 Å². The zero-order valence-electron chi connectivity index (χ0n) is 10.8. The highest BCUT2D eigenvalue weighted by Crippen LogP contribution is 2.23. The zero-order valence-corrected chi connectivity index (χ0v) is 15.5. The van der Waals surface area contributed by atoms with Gasteiger partial charge >= 0.3 is 0 Å². The number of thiocarbonyl (C=S) groups is 1. The first-order chi connectivity index (χ1) is 10.3. The minimum absolute atomic E-state index is 0.111. The Balaban J connectivity index is 2.08. The minimum atomic E-state index is -0.420. The van der Waals surface area contributed by atoms with Crippen LogP contribution in [0.15, 0.2) is 40.9 Å². The molecule has 2 rings (SSSR count). The molecule has 0 saturated carbocycles. The Kier molecular flexibility index (Phi) is 6.06. The highest BCUT2D eigenvalue weighted by molar-refractivity contribution is 9.10.